The molecule has 0 saturated carbocycles. The fourth-order valence-corrected chi connectivity index (χ4v) is 4.19. The minimum absolute atomic E-state index is 0.0267. The Bertz CT molecular complexity index is 1410. The number of primary amides is 1. The molecule has 154 valence electrons. The third-order valence-electron chi connectivity index (χ3n) is 4.74. The molecule has 0 atom stereocenters. The van der Waals surface area contributed by atoms with Gasteiger partial charge in [-0.3, -0.25) is 24.3 Å². The number of carbonyl (C=O) groups is 1. The molecule has 0 aliphatic heterocycles. The topological polar surface area (TPSA) is 121 Å². The highest BCUT2D eigenvalue weighted by Gasteiger charge is 2.21. The van der Waals surface area contributed by atoms with Crippen LogP contribution < -0.4 is 11.3 Å². The summed E-state index contributed by atoms with van der Waals surface area (Å²) in [5.74, 6) is -0.764. The van der Waals surface area contributed by atoms with E-state index in [1.165, 1.54) is 16.7 Å². The van der Waals surface area contributed by atoms with Gasteiger partial charge in [0.2, 0.25) is 5.91 Å². The number of fused-ring (bicyclic) bond motifs is 1. The lowest BCUT2D eigenvalue weighted by molar-refractivity contribution is -0.387. The molecule has 4 rings (SSSR count). The predicted molar refractivity (Wildman–Crippen MR) is 118 cm³/mol. The molecule has 2 N–H and O–H groups in total. The second kappa shape index (κ2) is 8.04. The van der Waals surface area contributed by atoms with Crippen molar-refractivity contribution in [3.05, 3.63) is 98.3 Å². The van der Waals surface area contributed by atoms with E-state index in [9.17, 15) is 19.7 Å². The lowest BCUT2D eigenvalue weighted by Crippen LogP contribution is -2.22. The molecule has 3 aromatic carbocycles. The zero-order chi connectivity index (χ0) is 22.1. The van der Waals surface area contributed by atoms with Gasteiger partial charge in [0.1, 0.15) is 0 Å². The molecule has 0 aliphatic carbocycles. The number of hydrogen-bond donors (Lipinski definition) is 1. The third kappa shape index (κ3) is 3.78. The SMILES string of the molecule is Cc1ccccc1-n1c(Sc2ccc(C(N)=O)cc2[N+](=O)[O-])nc2ccccc2c1=O. The number of aromatic nitrogens is 2. The van der Waals surface area contributed by atoms with Crippen LogP contribution in [0.1, 0.15) is 15.9 Å². The standard InChI is InChI=1S/C22H16N4O4S/c1-13-6-2-5-9-17(13)25-21(28)15-7-3-4-8-16(15)24-22(25)31-19-11-10-14(20(23)27)12-18(19)26(29)30/h2-12H,1H3,(H2,23,27). The molecule has 31 heavy (non-hydrogen) atoms. The second-order valence-corrected chi connectivity index (χ2v) is 7.75. The van der Waals surface area contributed by atoms with Crippen LogP contribution in [0.3, 0.4) is 0 Å². The number of nitro groups is 1. The predicted octanol–water partition coefficient (Wildman–Crippen LogP) is 3.85. The van der Waals surface area contributed by atoms with Crippen molar-refractivity contribution in [2.24, 2.45) is 5.73 Å². The Morgan fingerprint density at radius 2 is 1.81 bits per heavy atom. The van der Waals surface area contributed by atoms with Gasteiger partial charge >= 0.3 is 0 Å². The minimum atomic E-state index is -0.764. The number of nitro benzene ring substituents is 1. The van der Waals surface area contributed by atoms with Gasteiger partial charge in [-0.1, -0.05) is 30.3 Å². The van der Waals surface area contributed by atoms with Crippen LogP contribution in [0.4, 0.5) is 5.69 Å². The van der Waals surface area contributed by atoms with E-state index in [4.69, 9.17) is 5.73 Å². The first-order chi connectivity index (χ1) is 14.9. The number of aryl methyl sites for hydroxylation is 1. The zero-order valence-electron chi connectivity index (χ0n) is 16.3. The highest BCUT2D eigenvalue weighted by molar-refractivity contribution is 7.99. The largest absolute Gasteiger partial charge is 0.366 e. The van der Waals surface area contributed by atoms with Gasteiger partial charge in [0.05, 0.1) is 26.4 Å². The highest BCUT2D eigenvalue weighted by Crippen LogP contribution is 2.35. The summed E-state index contributed by atoms with van der Waals surface area (Å²) in [6.07, 6.45) is 0. The van der Waals surface area contributed by atoms with Gasteiger partial charge < -0.3 is 5.73 Å². The maximum Gasteiger partial charge on any atom is 0.284 e. The van der Waals surface area contributed by atoms with Crippen molar-refractivity contribution in [2.45, 2.75) is 17.0 Å². The van der Waals surface area contributed by atoms with Crippen LogP contribution in [-0.4, -0.2) is 20.4 Å². The molecule has 1 aromatic heterocycles. The van der Waals surface area contributed by atoms with Gasteiger partial charge in [0.25, 0.3) is 11.2 Å². The van der Waals surface area contributed by atoms with Crippen LogP contribution in [0.2, 0.25) is 0 Å². The van der Waals surface area contributed by atoms with Gasteiger partial charge in [-0.2, -0.15) is 0 Å². The molecule has 0 fully saturated rings. The Balaban J connectivity index is 1.97. The molecule has 0 saturated heterocycles. The van der Waals surface area contributed by atoms with E-state index in [2.05, 4.69) is 4.98 Å². The molecular formula is C22H16N4O4S. The van der Waals surface area contributed by atoms with E-state index in [0.717, 1.165) is 23.4 Å². The molecule has 1 amide bonds. The van der Waals surface area contributed by atoms with E-state index in [0.29, 0.717) is 16.6 Å². The highest BCUT2D eigenvalue weighted by atomic mass is 32.2. The summed E-state index contributed by atoms with van der Waals surface area (Å²) in [6.45, 7) is 1.87. The summed E-state index contributed by atoms with van der Waals surface area (Å²) < 4.78 is 1.45. The van der Waals surface area contributed by atoms with Crippen LogP contribution in [0, 0.1) is 17.0 Å². The normalized spacial score (nSPS) is 10.9. The second-order valence-electron chi connectivity index (χ2n) is 6.74. The quantitative estimate of drug-likeness (QED) is 0.290. The molecule has 0 unspecified atom stereocenters. The van der Waals surface area contributed by atoms with E-state index in [1.54, 1.807) is 30.3 Å². The van der Waals surface area contributed by atoms with E-state index < -0.39 is 10.8 Å². The molecule has 0 bridgehead atoms. The first-order valence-electron chi connectivity index (χ1n) is 9.20. The van der Waals surface area contributed by atoms with Gasteiger partial charge in [0.15, 0.2) is 5.16 Å². The van der Waals surface area contributed by atoms with Gasteiger partial charge in [-0.15, -0.1) is 0 Å². The number of para-hydroxylation sites is 2. The number of nitrogens with zero attached hydrogens (tertiary/aromatic N) is 3. The zero-order valence-corrected chi connectivity index (χ0v) is 17.1. The molecule has 0 aliphatic rings. The lowest BCUT2D eigenvalue weighted by atomic mass is 10.2. The summed E-state index contributed by atoms with van der Waals surface area (Å²) in [5, 5.41) is 12.3. The van der Waals surface area contributed by atoms with Crippen molar-refractivity contribution >= 4 is 34.3 Å². The fraction of sp³-hybridized carbons (Fsp3) is 0.0455. The van der Waals surface area contributed by atoms with Gasteiger partial charge in [-0.25, -0.2) is 4.98 Å². The summed E-state index contributed by atoms with van der Waals surface area (Å²) in [7, 11) is 0. The van der Waals surface area contributed by atoms with Gasteiger partial charge in [0, 0.05) is 11.6 Å². The van der Waals surface area contributed by atoms with E-state index >= 15 is 0 Å². The number of benzene rings is 3. The summed E-state index contributed by atoms with van der Waals surface area (Å²) in [5.41, 5.74) is 6.68. The summed E-state index contributed by atoms with van der Waals surface area (Å²) >= 11 is 0.980. The molecule has 1 heterocycles. The van der Waals surface area contributed by atoms with Crippen LogP contribution in [0.25, 0.3) is 16.6 Å². The Kier molecular flexibility index (Phi) is 5.26. The smallest absolute Gasteiger partial charge is 0.284 e. The molecular weight excluding hydrogens is 416 g/mol. The van der Waals surface area contributed by atoms with Crippen molar-refractivity contribution in [3.63, 3.8) is 0 Å². The van der Waals surface area contributed by atoms with Crippen molar-refractivity contribution in [3.8, 4) is 5.69 Å². The number of carbonyl (C=O) groups excluding carboxylic acids is 1. The number of nitrogens with two attached hydrogens (primary N) is 1. The van der Waals surface area contributed by atoms with E-state index in [1.807, 2.05) is 25.1 Å². The maximum absolute atomic E-state index is 13.4. The van der Waals surface area contributed by atoms with Crippen molar-refractivity contribution in [2.75, 3.05) is 0 Å². The number of hydrogen-bond acceptors (Lipinski definition) is 6. The molecule has 9 heteroatoms. The number of rotatable bonds is 5. The molecule has 0 radical (unpaired) electrons. The average molecular weight is 432 g/mol. The van der Waals surface area contributed by atoms with Crippen LogP contribution >= 0.6 is 11.8 Å². The van der Waals surface area contributed by atoms with Crippen molar-refractivity contribution in [1.82, 2.24) is 9.55 Å². The fourth-order valence-electron chi connectivity index (χ4n) is 3.21. The number of amides is 1. The average Bonchev–Trinajstić information content (AvgIpc) is 2.75. The minimum Gasteiger partial charge on any atom is -0.366 e. The third-order valence-corrected chi connectivity index (χ3v) is 5.76. The Morgan fingerprint density at radius 3 is 2.52 bits per heavy atom. The Morgan fingerprint density at radius 1 is 1.10 bits per heavy atom. The lowest BCUT2D eigenvalue weighted by Gasteiger charge is -2.15. The molecule has 8 nitrogen and oxygen atoms in total. The van der Waals surface area contributed by atoms with Crippen LogP contribution in [0.5, 0.6) is 0 Å². The van der Waals surface area contributed by atoms with Gasteiger partial charge in [-0.05, 0) is 54.6 Å². The monoisotopic (exact) mass is 432 g/mol. The molecule has 4 aromatic rings. The Labute approximate surface area is 180 Å². The summed E-state index contributed by atoms with van der Waals surface area (Å²) in [6, 6.07) is 18.2. The Hall–Kier alpha value is -3.98. The summed E-state index contributed by atoms with van der Waals surface area (Å²) in [4.78, 5) is 40.7. The van der Waals surface area contributed by atoms with E-state index in [-0.39, 0.29) is 26.9 Å². The first kappa shape index (κ1) is 20.3. The van der Waals surface area contributed by atoms with Crippen molar-refractivity contribution < 1.29 is 9.72 Å². The van der Waals surface area contributed by atoms with Crippen molar-refractivity contribution in [1.29, 1.82) is 0 Å². The van der Waals surface area contributed by atoms with Crippen LogP contribution in [0.15, 0.2) is 81.6 Å². The molecule has 0 spiro atoms. The maximum atomic E-state index is 13.4. The van der Waals surface area contributed by atoms with Crippen LogP contribution in [-0.2, 0) is 0 Å². The first-order valence-corrected chi connectivity index (χ1v) is 10.0.